The molecule has 1 fully saturated rings. The molecule has 2 heterocycles. The summed E-state index contributed by atoms with van der Waals surface area (Å²) in [6.45, 7) is 7.99. The number of nitrogens with zero attached hydrogens (tertiary/aromatic N) is 2. The van der Waals surface area contributed by atoms with E-state index in [1.807, 2.05) is 10.9 Å². The van der Waals surface area contributed by atoms with Crippen molar-refractivity contribution in [2.75, 3.05) is 13.2 Å². The molecule has 90 valence electrons. The van der Waals surface area contributed by atoms with Gasteiger partial charge in [0.25, 0.3) is 0 Å². The predicted molar refractivity (Wildman–Crippen MR) is 63.1 cm³/mol. The Balaban J connectivity index is 1.81. The fourth-order valence-corrected chi connectivity index (χ4v) is 1.91. The molecular weight excluding hydrogens is 202 g/mol. The van der Waals surface area contributed by atoms with Crippen LogP contribution in [0.5, 0.6) is 0 Å². The fourth-order valence-electron chi connectivity index (χ4n) is 1.91. The van der Waals surface area contributed by atoms with Crippen molar-refractivity contribution in [3.63, 3.8) is 0 Å². The first kappa shape index (κ1) is 11.6. The molecule has 0 amide bonds. The molecule has 1 aromatic heterocycles. The quantitative estimate of drug-likeness (QED) is 0.820. The minimum atomic E-state index is 0.520. The van der Waals surface area contributed by atoms with Crippen molar-refractivity contribution < 1.29 is 4.74 Å². The van der Waals surface area contributed by atoms with Gasteiger partial charge in [0.05, 0.1) is 12.8 Å². The molecule has 2 rings (SSSR count). The molecule has 0 aliphatic carbocycles. The molecule has 4 heteroatoms. The van der Waals surface area contributed by atoms with Gasteiger partial charge in [-0.25, -0.2) is 0 Å². The normalized spacial score (nSPS) is 20.8. The van der Waals surface area contributed by atoms with E-state index >= 15 is 0 Å². The summed E-state index contributed by atoms with van der Waals surface area (Å²) in [7, 11) is 0. The second-order valence-corrected chi connectivity index (χ2v) is 4.84. The van der Waals surface area contributed by atoms with Crippen molar-refractivity contribution in [2.24, 2.45) is 5.92 Å². The molecule has 1 N–H and O–H groups in total. The molecule has 1 unspecified atom stereocenters. The summed E-state index contributed by atoms with van der Waals surface area (Å²) in [5.74, 6) is 0.644. The number of hydrogen-bond donors (Lipinski definition) is 1. The summed E-state index contributed by atoms with van der Waals surface area (Å²) < 4.78 is 7.40. The molecule has 1 aromatic rings. The first-order chi connectivity index (χ1) is 7.74. The van der Waals surface area contributed by atoms with Crippen LogP contribution in [0.1, 0.15) is 25.8 Å². The second kappa shape index (κ2) is 5.46. The monoisotopic (exact) mass is 223 g/mol. The van der Waals surface area contributed by atoms with E-state index in [1.54, 1.807) is 0 Å². The van der Waals surface area contributed by atoms with Gasteiger partial charge in [-0.1, -0.05) is 13.8 Å². The lowest BCUT2D eigenvalue weighted by molar-refractivity contribution is 0.181. The van der Waals surface area contributed by atoms with Crippen LogP contribution < -0.4 is 5.32 Å². The van der Waals surface area contributed by atoms with Gasteiger partial charge in [-0.15, -0.1) is 0 Å². The Morgan fingerprint density at radius 3 is 3.19 bits per heavy atom. The van der Waals surface area contributed by atoms with E-state index in [-0.39, 0.29) is 0 Å². The first-order valence-corrected chi connectivity index (χ1v) is 6.06. The van der Waals surface area contributed by atoms with Gasteiger partial charge in [-0.05, 0) is 6.42 Å². The van der Waals surface area contributed by atoms with Crippen molar-refractivity contribution >= 4 is 0 Å². The SMILES string of the molecule is CC(C)NCc1cnn(CC2CCOC2)c1. The minimum Gasteiger partial charge on any atom is -0.381 e. The molecule has 0 bridgehead atoms. The van der Waals surface area contributed by atoms with Crippen LogP contribution >= 0.6 is 0 Å². The number of hydrogen-bond acceptors (Lipinski definition) is 3. The van der Waals surface area contributed by atoms with Gasteiger partial charge in [0.2, 0.25) is 0 Å². The van der Waals surface area contributed by atoms with Crippen molar-refractivity contribution in [1.29, 1.82) is 0 Å². The van der Waals surface area contributed by atoms with E-state index in [9.17, 15) is 0 Å². The van der Waals surface area contributed by atoms with Crippen LogP contribution in [0.3, 0.4) is 0 Å². The largest absolute Gasteiger partial charge is 0.381 e. The van der Waals surface area contributed by atoms with E-state index in [2.05, 4.69) is 30.5 Å². The van der Waals surface area contributed by atoms with Gasteiger partial charge in [-0.2, -0.15) is 5.10 Å². The average molecular weight is 223 g/mol. The van der Waals surface area contributed by atoms with Crippen LogP contribution in [0.25, 0.3) is 0 Å². The average Bonchev–Trinajstić information content (AvgIpc) is 2.87. The molecule has 4 nitrogen and oxygen atoms in total. The molecule has 1 aliphatic rings. The predicted octanol–water partition coefficient (Wildman–Crippen LogP) is 1.42. The highest BCUT2D eigenvalue weighted by Crippen LogP contribution is 2.14. The van der Waals surface area contributed by atoms with E-state index in [0.29, 0.717) is 12.0 Å². The second-order valence-electron chi connectivity index (χ2n) is 4.84. The summed E-state index contributed by atoms with van der Waals surface area (Å²) in [6, 6.07) is 0.520. The smallest absolute Gasteiger partial charge is 0.0534 e. The van der Waals surface area contributed by atoms with E-state index in [4.69, 9.17) is 4.74 Å². The number of aromatic nitrogens is 2. The van der Waals surface area contributed by atoms with E-state index in [1.165, 1.54) is 12.0 Å². The third-order valence-corrected chi connectivity index (χ3v) is 2.87. The van der Waals surface area contributed by atoms with Gasteiger partial charge in [0.15, 0.2) is 0 Å². The third kappa shape index (κ3) is 3.32. The Hall–Kier alpha value is -0.870. The van der Waals surface area contributed by atoms with Crippen molar-refractivity contribution in [3.05, 3.63) is 18.0 Å². The zero-order valence-corrected chi connectivity index (χ0v) is 10.1. The van der Waals surface area contributed by atoms with Gasteiger partial charge in [0.1, 0.15) is 0 Å². The maximum atomic E-state index is 5.36. The number of ether oxygens (including phenoxy) is 1. The highest BCUT2D eigenvalue weighted by Gasteiger charge is 2.16. The fraction of sp³-hybridized carbons (Fsp3) is 0.750. The Morgan fingerprint density at radius 1 is 1.62 bits per heavy atom. The summed E-state index contributed by atoms with van der Waals surface area (Å²) in [4.78, 5) is 0. The Morgan fingerprint density at radius 2 is 2.50 bits per heavy atom. The molecule has 16 heavy (non-hydrogen) atoms. The highest BCUT2D eigenvalue weighted by molar-refractivity contribution is 5.03. The maximum Gasteiger partial charge on any atom is 0.0534 e. The summed E-state index contributed by atoms with van der Waals surface area (Å²) in [6.07, 6.45) is 5.25. The Labute approximate surface area is 97.0 Å². The molecule has 0 spiro atoms. The summed E-state index contributed by atoms with van der Waals surface area (Å²) in [5.41, 5.74) is 1.26. The zero-order valence-electron chi connectivity index (χ0n) is 10.1. The van der Waals surface area contributed by atoms with E-state index in [0.717, 1.165) is 26.3 Å². The lowest BCUT2D eigenvalue weighted by atomic mass is 10.1. The van der Waals surface area contributed by atoms with Crippen LogP contribution in [0, 0.1) is 5.92 Å². The van der Waals surface area contributed by atoms with Crippen LogP contribution in [0.2, 0.25) is 0 Å². The van der Waals surface area contributed by atoms with Gasteiger partial charge in [0, 0.05) is 43.4 Å². The Kier molecular flexibility index (Phi) is 3.96. The lowest BCUT2D eigenvalue weighted by Crippen LogP contribution is -2.21. The molecule has 0 saturated carbocycles. The summed E-state index contributed by atoms with van der Waals surface area (Å²) in [5, 5.41) is 7.77. The van der Waals surface area contributed by atoms with Crippen LogP contribution in [0.4, 0.5) is 0 Å². The minimum absolute atomic E-state index is 0.520. The Bertz CT molecular complexity index is 316. The number of nitrogens with one attached hydrogen (secondary N) is 1. The zero-order chi connectivity index (χ0) is 11.4. The third-order valence-electron chi connectivity index (χ3n) is 2.87. The molecule has 0 aromatic carbocycles. The topological polar surface area (TPSA) is 39.1 Å². The first-order valence-electron chi connectivity index (χ1n) is 6.06. The number of rotatable bonds is 5. The van der Waals surface area contributed by atoms with Gasteiger partial charge < -0.3 is 10.1 Å². The van der Waals surface area contributed by atoms with Gasteiger partial charge >= 0.3 is 0 Å². The van der Waals surface area contributed by atoms with Crippen molar-refractivity contribution in [3.8, 4) is 0 Å². The molecular formula is C12H21N3O. The van der Waals surface area contributed by atoms with Crippen LogP contribution in [0.15, 0.2) is 12.4 Å². The molecule has 1 atom stereocenters. The molecule has 1 saturated heterocycles. The highest BCUT2D eigenvalue weighted by atomic mass is 16.5. The van der Waals surface area contributed by atoms with Gasteiger partial charge in [-0.3, -0.25) is 4.68 Å². The van der Waals surface area contributed by atoms with Crippen molar-refractivity contribution in [1.82, 2.24) is 15.1 Å². The van der Waals surface area contributed by atoms with Crippen LogP contribution in [-0.2, 0) is 17.8 Å². The summed E-state index contributed by atoms with van der Waals surface area (Å²) >= 11 is 0. The molecule has 1 aliphatic heterocycles. The molecule has 0 radical (unpaired) electrons. The lowest BCUT2D eigenvalue weighted by Gasteiger charge is -2.07. The standard InChI is InChI=1S/C12H21N3O/c1-10(2)13-5-12-6-14-15(8-12)7-11-3-4-16-9-11/h6,8,10-11,13H,3-5,7,9H2,1-2H3. The van der Waals surface area contributed by atoms with Crippen LogP contribution in [-0.4, -0.2) is 29.0 Å². The van der Waals surface area contributed by atoms with Crippen molar-refractivity contribution in [2.45, 2.75) is 39.4 Å². The maximum absolute atomic E-state index is 5.36. The van der Waals surface area contributed by atoms with E-state index < -0.39 is 0 Å².